The van der Waals surface area contributed by atoms with Crippen LogP contribution >= 0.6 is 0 Å². The van der Waals surface area contributed by atoms with Crippen molar-refractivity contribution in [2.45, 2.75) is 12.5 Å². The molecule has 2 aliphatic rings. The van der Waals surface area contributed by atoms with E-state index < -0.39 is 0 Å². The van der Waals surface area contributed by atoms with Gasteiger partial charge in [-0.1, -0.05) is 29.4 Å². The molecule has 7 rings (SSSR count). The Bertz CT molecular complexity index is 1570. The number of anilines is 1. The monoisotopic (exact) mass is 440 g/mol. The van der Waals surface area contributed by atoms with Crippen LogP contribution in [0.15, 0.2) is 58.5 Å². The molecule has 0 amide bonds. The van der Waals surface area contributed by atoms with Gasteiger partial charge in [0.1, 0.15) is 18.7 Å². The predicted octanol–water partition coefficient (Wildman–Crippen LogP) is 1.96. The third-order valence-corrected chi connectivity index (χ3v) is 6.92. The summed E-state index contributed by atoms with van der Waals surface area (Å²) in [6, 6.07) is 10.4. The van der Waals surface area contributed by atoms with Gasteiger partial charge in [0, 0.05) is 37.6 Å². The first kappa shape index (κ1) is 18.5. The molecule has 4 aromatic heterocycles. The van der Waals surface area contributed by atoms with E-state index >= 15 is 0 Å². The summed E-state index contributed by atoms with van der Waals surface area (Å²) in [4.78, 5) is 32.7. The number of benzene rings is 1. The molecule has 0 radical (unpaired) electrons. The van der Waals surface area contributed by atoms with Gasteiger partial charge >= 0.3 is 0 Å². The second-order valence-corrected chi connectivity index (χ2v) is 8.90. The van der Waals surface area contributed by atoms with E-state index in [1.54, 1.807) is 17.9 Å². The number of fused-ring (bicyclic) bond motifs is 3. The lowest BCUT2D eigenvalue weighted by Crippen LogP contribution is -2.24. The van der Waals surface area contributed by atoms with Crippen LogP contribution in [0.1, 0.15) is 17.6 Å². The molecule has 1 aliphatic heterocycles. The van der Waals surface area contributed by atoms with E-state index in [2.05, 4.69) is 54.3 Å². The van der Waals surface area contributed by atoms with Crippen LogP contribution in [0.4, 0.5) is 5.82 Å². The standard InChI is InChI=1S/C23H20N8O2/c1-29-11-25-22-20(29)23(32)31(12-26-22)10-18-27-21(28-33-18)19-15-8-30(9-16(15)19)17-6-13-4-2-3-5-14(13)7-24-17/h2-7,11-12,15-16,19H,8-10H2,1H3. The molecule has 1 saturated heterocycles. The lowest BCUT2D eigenvalue weighted by atomic mass is 10.1. The van der Waals surface area contributed by atoms with Gasteiger partial charge in [0.05, 0.1) is 6.33 Å². The molecule has 0 bridgehead atoms. The predicted molar refractivity (Wildman–Crippen MR) is 120 cm³/mol. The SMILES string of the molecule is Cn1cnc2ncn(Cc3nc(C4C5CN(c6cc7ccccc7cn6)CC54)no3)c(=O)c21. The first-order valence-corrected chi connectivity index (χ1v) is 10.9. The first-order valence-electron chi connectivity index (χ1n) is 10.9. The Morgan fingerprint density at radius 3 is 2.70 bits per heavy atom. The van der Waals surface area contributed by atoms with Crippen molar-refractivity contribution in [1.29, 1.82) is 0 Å². The molecular formula is C23H20N8O2. The lowest BCUT2D eigenvalue weighted by Gasteiger charge is -2.20. The normalized spacial score (nSPS) is 21.7. The smallest absolute Gasteiger partial charge is 0.280 e. The molecule has 2 fully saturated rings. The molecule has 0 spiro atoms. The molecule has 5 aromatic rings. The summed E-state index contributed by atoms with van der Waals surface area (Å²) in [6.45, 7) is 2.06. The van der Waals surface area contributed by atoms with Crippen molar-refractivity contribution in [3.63, 3.8) is 0 Å². The second-order valence-electron chi connectivity index (χ2n) is 8.90. The number of imidazole rings is 1. The number of rotatable bonds is 4. The average Bonchev–Trinajstić information content (AvgIpc) is 3.24. The van der Waals surface area contributed by atoms with Gasteiger partial charge in [-0.3, -0.25) is 9.36 Å². The summed E-state index contributed by atoms with van der Waals surface area (Å²) < 4.78 is 8.62. The van der Waals surface area contributed by atoms with Crippen LogP contribution in [0.25, 0.3) is 21.9 Å². The van der Waals surface area contributed by atoms with E-state index in [1.165, 1.54) is 16.3 Å². The van der Waals surface area contributed by atoms with Crippen LogP contribution in [-0.4, -0.2) is 47.3 Å². The van der Waals surface area contributed by atoms with E-state index in [9.17, 15) is 4.79 Å². The molecule has 10 nitrogen and oxygen atoms in total. The highest BCUT2D eigenvalue weighted by Gasteiger charge is 2.58. The molecule has 2 unspecified atom stereocenters. The van der Waals surface area contributed by atoms with Crippen LogP contribution in [0, 0.1) is 11.8 Å². The Hall–Kier alpha value is -4.08. The Morgan fingerprint density at radius 2 is 1.85 bits per heavy atom. The summed E-state index contributed by atoms with van der Waals surface area (Å²) in [5.74, 6) is 3.46. The number of hydrogen-bond donors (Lipinski definition) is 0. The van der Waals surface area contributed by atoms with Gasteiger partial charge in [0.25, 0.3) is 5.56 Å². The van der Waals surface area contributed by atoms with E-state index in [0.29, 0.717) is 34.8 Å². The summed E-state index contributed by atoms with van der Waals surface area (Å²) in [6.07, 6.45) is 5.00. The number of hydrogen-bond acceptors (Lipinski definition) is 8. The van der Waals surface area contributed by atoms with Crippen molar-refractivity contribution >= 4 is 27.8 Å². The summed E-state index contributed by atoms with van der Waals surface area (Å²) in [5, 5.41) is 6.58. The number of aryl methyl sites for hydroxylation is 1. The number of nitrogens with zero attached hydrogens (tertiary/aromatic N) is 8. The van der Waals surface area contributed by atoms with Gasteiger partial charge in [0.2, 0.25) is 5.89 Å². The summed E-state index contributed by atoms with van der Waals surface area (Å²) in [7, 11) is 1.77. The highest BCUT2D eigenvalue weighted by atomic mass is 16.5. The maximum Gasteiger partial charge on any atom is 0.280 e. The van der Waals surface area contributed by atoms with Crippen LogP contribution < -0.4 is 10.5 Å². The zero-order valence-corrected chi connectivity index (χ0v) is 17.9. The van der Waals surface area contributed by atoms with E-state index in [-0.39, 0.29) is 12.1 Å². The largest absolute Gasteiger partial charge is 0.356 e. The van der Waals surface area contributed by atoms with Crippen LogP contribution in [0.5, 0.6) is 0 Å². The molecule has 164 valence electrons. The van der Waals surface area contributed by atoms with Crippen molar-refractivity contribution < 1.29 is 4.52 Å². The summed E-state index contributed by atoms with van der Waals surface area (Å²) in [5.41, 5.74) is 0.708. The number of aromatic nitrogens is 7. The van der Waals surface area contributed by atoms with Gasteiger partial charge in [-0.15, -0.1) is 0 Å². The molecule has 10 heteroatoms. The minimum Gasteiger partial charge on any atom is -0.356 e. The Balaban J connectivity index is 1.06. The van der Waals surface area contributed by atoms with E-state index in [0.717, 1.165) is 30.1 Å². The van der Waals surface area contributed by atoms with Gasteiger partial charge in [-0.2, -0.15) is 4.98 Å². The Morgan fingerprint density at radius 1 is 1.06 bits per heavy atom. The molecule has 1 aliphatic carbocycles. The molecule has 5 heterocycles. The first-order chi connectivity index (χ1) is 16.2. The van der Waals surface area contributed by atoms with Crippen LogP contribution in [-0.2, 0) is 13.6 Å². The second kappa shape index (κ2) is 6.71. The van der Waals surface area contributed by atoms with Crippen molar-refractivity contribution in [1.82, 2.24) is 34.2 Å². The quantitative estimate of drug-likeness (QED) is 0.417. The molecular weight excluding hydrogens is 420 g/mol. The zero-order chi connectivity index (χ0) is 22.1. The topological polar surface area (TPSA) is 108 Å². The van der Waals surface area contributed by atoms with Gasteiger partial charge in [-0.25, -0.2) is 15.0 Å². The van der Waals surface area contributed by atoms with E-state index in [4.69, 9.17) is 4.52 Å². The van der Waals surface area contributed by atoms with Crippen LogP contribution in [0.3, 0.4) is 0 Å². The van der Waals surface area contributed by atoms with Crippen molar-refractivity contribution in [3.05, 3.63) is 71.3 Å². The molecule has 1 saturated carbocycles. The van der Waals surface area contributed by atoms with Crippen molar-refractivity contribution in [3.8, 4) is 0 Å². The van der Waals surface area contributed by atoms with Crippen molar-refractivity contribution in [2.24, 2.45) is 18.9 Å². The average molecular weight is 440 g/mol. The Kier molecular flexibility index (Phi) is 3.76. The zero-order valence-electron chi connectivity index (χ0n) is 17.9. The fraction of sp³-hybridized carbons (Fsp3) is 0.304. The van der Waals surface area contributed by atoms with E-state index in [1.807, 2.05) is 12.3 Å². The Labute approximate surface area is 187 Å². The number of pyridine rings is 1. The van der Waals surface area contributed by atoms with Gasteiger partial charge in [-0.05, 0) is 23.3 Å². The number of piperidine rings is 1. The summed E-state index contributed by atoms with van der Waals surface area (Å²) >= 11 is 0. The maximum absolute atomic E-state index is 12.7. The molecule has 0 N–H and O–H groups in total. The lowest BCUT2D eigenvalue weighted by molar-refractivity contribution is 0.363. The highest BCUT2D eigenvalue weighted by Crippen LogP contribution is 2.57. The molecule has 33 heavy (non-hydrogen) atoms. The van der Waals surface area contributed by atoms with Crippen LogP contribution in [0.2, 0.25) is 0 Å². The van der Waals surface area contributed by atoms with Crippen molar-refractivity contribution in [2.75, 3.05) is 18.0 Å². The molecule has 2 atom stereocenters. The minimum atomic E-state index is -0.179. The fourth-order valence-electron chi connectivity index (χ4n) is 5.14. The third kappa shape index (κ3) is 2.86. The minimum absolute atomic E-state index is 0.179. The van der Waals surface area contributed by atoms with Gasteiger partial charge < -0.3 is 14.0 Å². The van der Waals surface area contributed by atoms with Gasteiger partial charge in [0.15, 0.2) is 17.0 Å². The maximum atomic E-state index is 12.7. The highest BCUT2D eigenvalue weighted by molar-refractivity contribution is 5.84. The fourth-order valence-corrected chi connectivity index (χ4v) is 5.14. The molecule has 1 aromatic carbocycles. The third-order valence-electron chi connectivity index (χ3n) is 6.92.